The Kier molecular flexibility index (Phi) is 3.37. The summed E-state index contributed by atoms with van der Waals surface area (Å²) in [7, 11) is -3.66. The maximum atomic E-state index is 11.3. The molecule has 6 heteroatoms. The smallest absolute Gasteiger partial charge is 0.238 e. The fraction of sp³-hybridized carbons (Fsp3) is 0.0556. The van der Waals surface area contributed by atoms with E-state index in [1.165, 1.54) is 12.1 Å². The van der Waals surface area contributed by atoms with Gasteiger partial charge in [-0.15, -0.1) is 0 Å². The average Bonchev–Trinajstić information content (AvgIpc) is 2.94. The van der Waals surface area contributed by atoms with Gasteiger partial charge in [-0.25, -0.2) is 18.5 Å². The lowest BCUT2D eigenvalue weighted by atomic mass is 10.1. The minimum atomic E-state index is -3.66. The van der Waals surface area contributed by atoms with Gasteiger partial charge < -0.3 is 4.57 Å². The Balaban J connectivity index is 1.73. The van der Waals surface area contributed by atoms with E-state index >= 15 is 0 Å². The number of primary sulfonamides is 1. The van der Waals surface area contributed by atoms with Crippen LogP contribution in [0.25, 0.3) is 21.8 Å². The van der Waals surface area contributed by atoms with Gasteiger partial charge in [-0.1, -0.05) is 36.4 Å². The van der Waals surface area contributed by atoms with Crippen LogP contribution in [0.2, 0.25) is 0 Å². The highest BCUT2D eigenvalue weighted by Gasteiger charge is 2.08. The van der Waals surface area contributed by atoms with E-state index in [2.05, 4.69) is 29.2 Å². The first-order valence-electron chi connectivity index (χ1n) is 7.46. The molecule has 1 aromatic heterocycles. The maximum absolute atomic E-state index is 11.3. The highest BCUT2D eigenvalue weighted by molar-refractivity contribution is 7.89. The topological polar surface area (TPSA) is 78.0 Å². The second-order valence-corrected chi connectivity index (χ2v) is 7.31. The summed E-state index contributed by atoms with van der Waals surface area (Å²) in [5.74, 6) is 0. The Hall–Kier alpha value is -2.70. The molecule has 0 saturated carbocycles. The van der Waals surface area contributed by atoms with Gasteiger partial charge in [-0.3, -0.25) is 0 Å². The molecule has 0 saturated heterocycles. The number of hydrogen-bond acceptors (Lipinski definition) is 3. The maximum Gasteiger partial charge on any atom is 0.238 e. The Morgan fingerprint density at radius 3 is 2.29 bits per heavy atom. The van der Waals surface area contributed by atoms with E-state index in [0.717, 1.165) is 27.4 Å². The first kappa shape index (κ1) is 14.9. The Labute approximate surface area is 139 Å². The molecule has 0 spiro atoms. The summed E-state index contributed by atoms with van der Waals surface area (Å²) in [4.78, 5) is 4.59. The van der Waals surface area contributed by atoms with Crippen LogP contribution in [0, 0.1) is 0 Å². The van der Waals surface area contributed by atoms with Crippen molar-refractivity contribution in [1.82, 2.24) is 9.55 Å². The summed E-state index contributed by atoms with van der Waals surface area (Å²) in [5, 5.41) is 7.45. The van der Waals surface area contributed by atoms with Crippen LogP contribution in [0.3, 0.4) is 0 Å². The first-order chi connectivity index (χ1) is 11.5. The third-order valence-electron chi connectivity index (χ3n) is 4.09. The molecule has 0 amide bonds. The number of sulfonamides is 1. The molecular weight excluding hydrogens is 322 g/mol. The van der Waals surface area contributed by atoms with Gasteiger partial charge >= 0.3 is 0 Å². The third-order valence-corrected chi connectivity index (χ3v) is 5.02. The van der Waals surface area contributed by atoms with E-state index in [0.29, 0.717) is 6.54 Å². The molecule has 5 nitrogen and oxygen atoms in total. The lowest BCUT2D eigenvalue weighted by Crippen LogP contribution is -2.12. The largest absolute Gasteiger partial charge is 0.326 e. The number of rotatable bonds is 3. The fourth-order valence-corrected chi connectivity index (χ4v) is 3.37. The highest BCUT2D eigenvalue weighted by atomic mass is 32.2. The van der Waals surface area contributed by atoms with Crippen LogP contribution in [0.15, 0.2) is 71.9 Å². The number of hydrogen-bond donors (Lipinski definition) is 1. The van der Waals surface area contributed by atoms with Crippen molar-refractivity contribution in [3.05, 3.63) is 72.6 Å². The monoisotopic (exact) mass is 337 g/mol. The molecule has 2 N–H and O–H groups in total. The lowest BCUT2D eigenvalue weighted by molar-refractivity contribution is 0.597. The predicted octanol–water partition coefficient (Wildman–Crippen LogP) is 2.89. The van der Waals surface area contributed by atoms with E-state index in [9.17, 15) is 8.42 Å². The molecule has 0 fully saturated rings. The predicted molar refractivity (Wildman–Crippen MR) is 94.2 cm³/mol. The van der Waals surface area contributed by atoms with Crippen molar-refractivity contribution in [3.63, 3.8) is 0 Å². The molecule has 4 aromatic rings. The zero-order chi connectivity index (χ0) is 16.7. The van der Waals surface area contributed by atoms with Gasteiger partial charge in [0.05, 0.1) is 22.3 Å². The molecule has 0 radical (unpaired) electrons. The van der Waals surface area contributed by atoms with Crippen molar-refractivity contribution in [3.8, 4) is 0 Å². The van der Waals surface area contributed by atoms with Crippen LogP contribution in [0.4, 0.5) is 0 Å². The summed E-state index contributed by atoms with van der Waals surface area (Å²) in [5.41, 5.74) is 2.97. The van der Waals surface area contributed by atoms with Gasteiger partial charge in [0, 0.05) is 6.54 Å². The van der Waals surface area contributed by atoms with Gasteiger partial charge in [0.15, 0.2) is 0 Å². The highest BCUT2D eigenvalue weighted by Crippen LogP contribution is 2.22. The minimum Gasteiger partial charge on any atom is -0.326 e. The molecular formula is C18H15N3O2S. The van der Waals surface area contributed by atoms with E-state index in [1.807, 2.05) is 16.7 Å². The SMILES string of the molecule is NS(=O)(=O)c1ccc(Cn2cnc3cc4ccccc4cc32)cc1. The van der Waals surface area contributed by atoms with Crippen molar-refractivity contribution >= 4 is 31.8 Å². The summed E-state index contributed by atoms with van der Waals surface area (Å²) >= 11 is 0. The van der Waals surface area contributed by atoms with Crippen LogP contribution in [-0.4, -0.2) is 18.0 Å². The zero-order valence-corrected chi connectivity index (χ0v) is 13.6. The van der Waals surface area contributed by atoms with E-state index in [4.69, 9.17) is 5.14 Å². The molecule has 3 aromatic carbocycles. The molecule has 4 rings (SSSR count). The van der Waals surface area contributed by atoms with Crippen LogP contribution < -0.4 is 5.14 Å². The van der Waals surface area contributed by atoms with Gasteiger partial charge in [-0.2, -0.15) is 0 Å². The fourth-order valence-electron chi connectivity index (χ4n) is 2.85. The van der Waals surface area contributed by atoms with Crippen LogP contribution in [0.5, 0.6) is 0 Å². The average molecular weight is 337 g/mol. The summed E-state index contributed by atoms with van der Waals surface area (Å²) in [6.07, 6.45) is 1.80. The molecule has 0 aliphatic heterocycles. The summed E-state index contributed by atoms with van der Waals surface area (Å²) in [6, 6.07) is 19.0. The van der Waals surface area contributed by atoms with Crippen molar-refractivity contribution in [1.29, 1.82) is 0 Å². The Bertz CT molecular complexity index is 1150. The lowest BCUT2D eigenvalue weighted by Gasteiger charge is -2.06. The zero-order valence-electron chi connectivity index (χ0n) is 12.8. The number of nitrogens with two attached hydrogens (primary N) is 1. The van der Waals surface area contributed by atoms with Gasteiger partial charge in [0.1, 0.15) is 0 Å². The van der Waals surface area contributed by atoms with Gasteiger partial charge in [0.25, 0.3) is 0 Å². The van der Waals surface area contributed by atoms with Crippen LogP contribution in [0.1, 0.15) is 5.56 Å². The molecule has 0 bridgehead atoms. The van der Waals surface area contributed by atoms with Crippen molar-refractivity contribution in [2.45, 2.75) is 11.4 Å². The Morgan fingerprint density at radius 1 is 0.958 bits per heavy atom. The van der Waals surface area contributed by atoms with E-state index in [1.54, 1.807) is 18.5 Å². The van der Waals surface area contributed by atoms with Gasteiger partial charge in [-0.05, 0) is 40.6 Å². The van der Waals surface area contributed by atoms with E-state index < -0.39 is 10.0 Å². The normalized spacial score (nSPS) is 12.0. The van der Waals surface area contributed by atoms with Crippen molar-refractivity contribution in [2.24, 2.45) is 5.14 Å². The number of nitrogens with zero attached hydrogens (tertiary/aromatic N) is 2. The first-order valence-corrected chi connectivity index (χ1v) is 9.01. The third kappa shape index (κ3) is 2.66. The van der Waals surface area contributed by atoms with Crippen LogP contribution >= 0.6 is 0 Å². The molecule has 120 valence electrons. The second-order valence-electron chi connectivity index (χ2n) is 5.75. The number of fused-ring (bicyclic) bond motifs is 2. The van der Waals surface area contributed by atoms with E-state index in [-0.39, 0.29) is 4.90 Å². The quantitative estimate of drug-likeness (QED) is 0.624. The molecule has 0 aliphatic rings. The second kappa shape index (κ2) is 5.43. The number of benzene rings is 3. The standard InChI is InChI=1S/C18H15N3O2S/c19-24(22,23)16-7-5-13(6-8-16)11-21-12-20-17-9-14-3-1-2-4-15(14)10-18(17)21/h1-10,12H,11H2,(H2,19,22,23). The number of aromatic nitrogens is 2. The molecule has 0 atom stereocenters. The number of imidazole rings is 1. The van der Waals surface area contributed by atoms with Crippen molar-refractivity contribution in [2.75, 3.05) is 0 Å². The molecule has 0 unspecified atom stereocenters. The molecule has 1 heterocycles. The van der Waals surface area contributed by atoms with Crippen molar-refractivity contribution < 1.29 is 8.42 Å². The molecule has 24 heavy (non-hydrogen) atoms. The molecule has 0 aliphatic carbocycles. The minimum absolute atomic E-state index is 0.118. The van der Waals surface area contributed by atoms with Crippen LogP contribution in [-0.2, 0) is 16.6 Å². The summed E-state index contributed by atoms with van der Waals surface area (Å²) < 4.78 is 24.7. The Morgan fingerprint density at radius 2 is 1.62 bits per heavy atom. The summed E-state index contributed by atoms with van der Waals surface area (Å²) in [6.45, 7) is 0.611. The van der Waals surface area contributed by atoms with Gasteiger partial charge in [0.2, 0.25) is 10.0 Å².